The Morgan fingerprint density at radius 3 is 2.36 bits per heavy atom. The molecule has 0 aliphatic carbocycles. The summed E-state index contributed by atoms with van der Waals surface area (Å²) >= 11 is 0. The lowest BCUT2D eigenvalue weighted by molar-refractivity contribution is 0.306. The Balaban J connectivity index is 2.32. The van der Waals surface area contributed by atoms with Gasteiger partial charge >= 0.3 is 0 Å². The maximum Gasteiger partial charge on any atom is 0.135 e. The number of piperidine rings is 1. The Labute approximate surface area is 85.3 Å². The van der Waals surface area contributed by atoms with Crippen molar-refractivity contribution in [1.82, 2.24) is 4.65 Å². The Bertz CT molecular complexity index is 316. The first-order valence-electron chi connectivity index (χ1n) is 5.37. The van der Waals surface area contributed by atoms with Crippen molar-refractivity contribution in [3.8, 4) is 0 Å². The van der Waals surface area contributed by atoms with E-state index in [1.165, 1.54) is 6.42 Å². The molecular formula is C12H17NO. The maximum atomic E-state index is 12.5. The van der Waals surface area contributed by atoms with Crippen LogP contribution < -0.4 is 4.65 Å². The number of hydrogen-bond donors (Lipinski definition) is 0. The van der Waals surface area contributed by atoms with E-state index in [4.69, 9.17) is 0 Å². The lowest BCUT2D eigenvalue weighted by atomic mass is 10.1. The van der Waals surface area contributed by atoms with Crippen LogP contribution >= 0.6 is 0 Å². The van der Waals surface area contributed by atoms with Crippen molar-refractivity contribution >= 4 is 5.69 Å². The van der Waals surface area contributed by atoms with E-state index in [-0.39, 0.29) is 4.65 Å². The zero-order valence-electron chi connectivity index (χ0n) is 8.70. The molecule has 0 spiro atoms. The molecule has 1 heterocycles. The summed E-state index contributed by atoms with van der Waals surface area (Å²) in [5.41, 5.74) is 2.09. The minimum atomic E-state index is -0.104. The smallest absolute Gasteiger partial charge is 0.135 e. The molecule has 0 unspecified atom stereocenters. The van der Waals surface area contributed by atoms with Crippen LogP contribution in [0.4, 0.5) is 5.69 Å². The first-order chi connectivity index (χ1) is 6.72. The molecule has 0 aromatic heterocycles. The van der Waals surface area contributed by atoms with E-state index in [0.29, 0.717) is 0 Å². The van der Waals surface area contributed by atoms with E-state index in [0.717, 1.165) is 37.2 Å². The standard InChI is InChI=1S/C12H17NO/c1-11-7-3-4-8-12(11)13(14)9-5-2-6-10-13/h3-4,7-8H,2,5-6,9-10H2,1H3. The second-order valence-electron chi connectivity index (χ2n) is 4.18. The summed E-state index contributed by atoms with van der Waals surface area (Å²) in [6.45, 7) is 3.54. The third kappa shape index (κ3) is 1.68. The number of hydrogen-bond acceptors (Lipinski definition) is 1. The molecule has 2 heteroatoms. The van der Waals surface area contributed by atoms with Crippen LogP contribution in [-0.4, -0.2) is 13.1 Å². The lowest BCUT2D eigenvalue weighted by Crippen LogP contribution is -2.47. The Morgan fingerprint density at radius 2 is 1.71 bits per heavy atom. The van der Waals surface area contributed by atoms with Gasteiger partial charge in [-0.25, -0.2) is 0 Å². The summed E-state index contributed by atoms with van der Waals surface area (Å²) < 4.78 is -0.104. The number of quaternary nitrogens is 1. The number of hydroxylamine groups is 2. The molecule has 2 nitrogen and oxygen atoms in total. The van der Waals surface area contributed by atoms with Crippen LogP contribution in [0.5, 0.6) is 0 Å². The quantitative estimate of drug-likeness (QED) is 0.494. The van der Waals surface area contributed by atoms with Crippen molar-refractivity contribution in [1.29, 1.82) is 0 Å². The average Bonchev–Trinajstić information content (AvgIpc) is 2.19. The van der Waals surface area contributed by atoms with Gasteiger partial charge in [-0.2, -0.15) is 0 Å². The monoisotopic (exact) mass is 191 g/mol. The minimum absolute atomic E-state index is 0.104. The van der Waals surface area contributed by atoms with Gasteiger partial charge in [-0.15, -0.1) is 0 Å². The highest BCUT2D eigenvalue weighted by Crippen LogP contribution is 2.29. The van der Waals surface area contributed by atoms with Crippen molar-refractivity contribution < 1.29 is 0 Å². The molecule has 0 amide bonds. The number of rotatable bonds is 1. The summed E-state index contributed by atoms with van der Waals surface area (Å²) in [6.07, 6.45) is 3.35. The van der Waals surface area contributed by atoms with Crippen molar-refractivity contribution in [2.75, 3.05) is 13.1 Å². The molecule has 0 saturated carbocycles. The Kier molecular flexibility index (Phi) is 2.57. The topological polar surface area (TPSA) is 23.1 Å². The number of benzene rings is 1. The molecule has 0 atom stereocenters. The molecule has 0 N–H and O–H groups in total. The van der Waals surface area contributed by atoms with Crippen LogP contribution in [0, 0.1) is 12.1 Å². The van der Waals surface area contributed by atoms with Crippen LogP contribution in [0.1, 0.15) is 24.8 Å². The van der Waals surface area contributed by atoms with Crippen LogP contribution in [-0.2, 0) is 0 Å². The molecule has 14 heavy (non-hydrogen) atoms. The fraction of sp³-hybridized carbons (Fsp3) is 0.500. The van der Waals surface area contributed by atoms with Gasteiger partial charge in [-0.3, -0.25) is 0 Å². The highest BCUT2D eigenvalue weighted by molar-refractivity contribution is 5.50. The molecule has 76 valence electrons. The zero-order chi connectivity index (χ0) is 10.0. The van der Waals surface area contributed by atoms with Gasteiger partial charge in [-0.05, 0) is 32.3 Å². The van der Waals surface area contributed by atoms with E-state index >= 15 is 0 Å². The predicted octanol–water partition coefficient (Wildman–Crippen LogP) is 2.98. The van der Waals surface area contributed by atoms with Gasteiger partial charge in [0.1, 0.15) is 5.69 Å². The first-order valence-corrected chi connectivity index (χ1v) is 5.37. The van der Waals surface area contributed by atoms with Gasteiger partial charge in [0.25, 0.3) is 0 Å². The van der Waals surface area contributed by atoms with Crippen LogP contribution in [0.2, 0.25) is 0 Å². The van der Waals surface area contributed by atoms with Gasteiger partial charge in [0.2, 0.25) is 0 Å². The largest absolute Gasteiger partial charge is 0.627 e. The number of para-hydroxylation sites is 1. The van der Waals surface area contributed by atoms with Crippen LogP contribution in [0.15, 0.2) is 24.3 Å². The van der Waals surface area contributed by atoms with Gasteiger partial charge < -0.3 is 9.85 Å². The molecule has 1 aromatic carbocycles. The average molecular weight is 191 g/mol. The van der Waals surface area contributed by atoms with Crippen molar-refractivity contribution in [2.45, 2.75) is 26.2 Å². The lowest BCUT2D eigenvalue weighted by Gasteiger charge is -2.45. The molecule has 0 radical (unpaired) electrons. The second kappa shape index (κ2) is 3.71. The highest BCUT2D eigenvalue weighted by atomic mass is 16.5. The van der Waals surface area contributed by atoms with Crippen molar-refractivity contribution in [2.24, 2.45) is 0 Å². The highest BCUT2D eigenvalue weighted by Gasteiger charge is 2.24. The van der Waals surface area contributed by atoms with E-state index < -0.39 is 0 Å². The van der Waals surface area contributed by atoms with Crippen LogP contribution in [0.3, 0.4) is 0 Å². The predicted molar refractivity (Wildman–Crippen MR) is 59.9 cm³/mol. The van der Waals surface area contributed by atoms with E-state index in [9.17, 15) is 5.21 Å². The van der Waals surface area contributed by atoms with Gasteiger partial charge in [0.15, 0.2) is 0 Å². The number of aryl methyl sites for hydroxylation is 1. The molecule has 1 aliphatic rings. The molecular weight excluding hydrogens is 174 g/mol. The second-order valence-corrected chi connectivity index (χ2v) is 4.18. The summed E-state index contributed by atoms with van der Waals surface area (Å²) in [5.74, 6) is 0. The summed E-state index contributed by atoms with van der Waals surface area (Å²) in [5, 5.41) is 12.5. The van der Waals surface area contributed by atoms with E-state index in [1.54, 1.807) is 0 Å². The molecule has 1 aliphatic heterocycles. The van der Waals surface area contributed by atoms with Gasteiger partial charge in [0, 0.05) is 5.56 Å². The van der Waals surface area contributed by atoms with Crippen molar-refractivity contribution in [3.05, 3.63) is 35.0 Å². The van der Waals surface area contributed by atoms with Gasteiger partial charge in [-0.1, -0.05) is 18.2 Å². The third-order valence-electron chi connectivity index (χ3n) is 3.09. The summed E-state index contributed by atoms with van der Waals surface area (Å²) in [7, 11) is 0. The van der Waals surface area contributed by atoms with E-state index in [2.05, 4.69) is 0 Å². The fourth-order valence-corrected chi connectivity index (χ4v) is 2.28. The summed E-state index contributed by atoms with van der Waals surface area (Å²) in [4.78, 5) is 0. The third-order valence-corrected chi connectivity index (χ3v) is 3.09. The van der Waals surface area contributed by atoms with Gasteiger partial charge in [0.05, 0.1) is 13.1 Å². The molecule has 2 rings (SSSR count). The maximum absolute atomic E-state index is 12.5. The minimum Gasteiger partial charge on any atom is -0.627 e. The number of nitrogens with zero attached hydrogens (tertiary/aromatic N) is 1. The Hall–Kier alpha value is -0.860. The zero-order valence-corrected chi connectivity index (χ0v) is 8.70. The van der Waals surface area contributed by atoms with Crippen molar-refractivity contribution in [3.63, 3.8) is 0 Å². The normalized spacial score (nSPS) is 20.7. The summed E-state index contributed by atoms with van der Waals surface area (Å²) in [6, 6.07) is 7.97. The SMILES string of the molecule is Cc1ccccc1[N+]1([O-])CCCCC1. The first kappa shape index (κ1) is 9.69. The fourth-order valence-electron chi connectivity index (χ4n) is 2.28. The van der Waals surface area contributed by atoms with Crippen LogP contribution in [0.25, 0.3) is 0 Å². The molecule has 1 fully saturated rings. The molecule has 1 aromatic rings. The van der Waals surface area contributed by atoms with E-state index in [1.807, 2.05) is 31.2 Å². The molecule has 1 saturated heterocycles. The Morgan fingerprint density at radius 1 is 1.07 bits per heavy atom. The molecule has 0 bridgehead atoms.